The third-order valence-electron chi connectivity index (χ3n) is 3.31. The van der Waals surface area contributed by atoms with Crippen LogP contribution in [0.3, 0.4) is 0 Å². The second-order valence-electron chi connectivity index (χ2n) is 4.60. The van der Waals surface area contributed by atoms with Crippen molar-refractivity contribution in [2.24, 2.45) is 0 Å². The molecule has 1 aliphatic rings. The van der Waals surface area contributed by atoms with E-state index in [0.29, 0.717) is 43.3 Å². The van der Waals surface area contributed by atoms with Crippen LogP contribution in [0.5, 0.6) is 0 Å². The smallest absolute Gasteiger partial charge is 0.255 e. The second kappa shape index (κ2) is 6.67. The van der Waals surface area contributed by atoms with Gasteiger partial charge in [-0.1, -0.05) is 11.6 Å². The molecular formula is C13H17ClN4O2. The fourth-order valence-corrected chi connectivity index (χ4v) is 2.31. The average molecular weight is 297 g/mol. The molecule has 0 unspecified atom stereocenters. The Morgan fingerprint density at radius 3 is 2.65 bits per heavy atom. The van der Waals surface area contributed by atoms with Gasteiger partial charge in [-0.3, -0.25) is 19.5 Å². The molecule has 1 N–H and O–H groups in total. The molecule has 0 aliphatic carbocycles. The highest BCUT2D eigenvalue weighted by molar-refractivity contribution is 6.33. The van der Waals surface area contributed by atoms with Crippen LogP contribution in [-0.4, -0.2) is 66.4 Å². The molecule has 2 amide bonds. The molecule has 1 fully saturated rings. The van der Waals surface area contributed by atoms with Crippen molar-refractivity contribution in [3.05, 3.63) is 29.0 Å². The molecule has 0 radical (unpaired) electrons. The zero-order chi connectivity index (χ0) is 14.5. The molecule has 0 atom stereocenters. The molecule has 2 heterocycles. The van der Waals surface area contributed by atoms with E-state index in [0.717, 1.165) is 0 Å². The first kappa shape index (κ1) is 14.7. The highest BCUT2D eigenvalue weighted by atomic mass is 35.5. The highest BCUT2D eigenvalue weighted by Gasteiger charge is 2.24. The third-order valence-corrected chi connectivity index (χ3v) is 3.61. The minimum absolute atomic E-state index is 0.0121. The summed E-state index contributed by atoms with van der Waals surface area (Å²) in [5, 5.41) is 2.96. The van der Waals surface area contributed by atoms with Gasteiger partial charge < -0.3 is 10.2 Å². The summed E-state index contributed by atoms with van der Waals surface area (Å²) >= 11 is 5.98. The van der Waals surface area contributed by atoms with Crippen LogP contribution in [0, 0.1) is 0 Å². The van der Waals surface area contributed by atoms with E-state index in [2.05, 4.69) is 10.3 Å². The van der Waals surface area contributed by atoms with E-state index in [9.17, 15) is 9.59 Å². The van der Waals surface area contributed by atoms with E-state index < -0.39 is 0 Å². The number of likely N-dealkylation sites (N-methyl/N-ethyl adjacent to an activating group) is 1. The first-order valence-corrected chi connectivity index (χ1v) is 6.81. The fourth-order valence-electron chi connectivity index (χ4n) is 2.11. The SMILES string of the molecule is CNC(=O)CN1CCN(C(=O)c2ccncc2Cl)CC1. The van der Waals surface area contributed by atoms with Crippen LogP contribution >= 0.6 is 11.6 Å². The Labute approximate surface area is 122 Å². The molecule has 6 nitrogen and oxygen atoms in total. The molecule has 7 heteroatoms. The lowest BCUT2D eigenvalue weighted by Gasteiger charge is -2.34. The van der Waals surface area contributed by atoms with E-state index in [1.54, 1.807) is 24.2 Å². The number of amides is 2. The molecule has 0 aromatic carbocycles. The number of nitrogens with one attached hydrogen (secondary N) is 1. The zero-order valence-electron chi connectivity index (χ0n) is 11.3. The Hall–Kier alpha value is -1.66. The molecule has 20 heavy (non-hydrogen) atoms. The summed E-state index contributed by atoms with van der Waals surface area (Å²) in [5.41, 5.74) is 0.474. The van der Waals surface area contributed by atoms with Crippen molar-refractivity contribution in [1.82, 2.24) is 20.1 Å². The van der Waals surface area contributed by atoms with Crippen molar-refractivity contribution in [3.8, 4) is 0 Å². The molecule has 1 aliphatic heterocycles. The predicted octanol–water partition coefficient (Wildman–Crippen LogP) is 0.239. The minimum atomic E-state index is -0.0861. The van der Waals surface area contributed by atoms with Crippen LogP contribution in [0.4, 0.5) is 0 Å². The number of pyridine rings is 1. The quantitative estimate of drug-likeness (QED) is 0.868. The Morgan fingerprint density at radius 1 is 1.35 bits per heavy atom. The maximum absolute atomic E-state index is 12.3. The number of piperazine rings is 1. The van der Waals surface area contributed by atoms with E-state index in [1.165, 1.54) is 6.20 Å². The standard InChI is InChI=1S/C13H17ClN4O2/c1-15-12(19)9-17-4-6-18(7-5-17)13(20)10-2-3-16-8-11(10)14/h2-3,8H,4-7,9H2,1H3,(H,15,19). The number of halogens is 1. The molecule has 1 aromatic rings. The lowest BCUT2D eigenvalue weighted by Crippen LogP contribution is -2.50. The lowest BCUT2D eigenvalue weighted by molar-refractivity contribution is -0.122. The maximum Gasteiger partial charge on any atom is 0.255 e. The number of carbonyl (C=O) groups is 2. The van der Waals surface area contributed by atoms with Crippen LogP contribution < -0.4 is 5.32 Å². The van der Waals surface area contributed by atoms with E-state index in [4.69, 9.17) is 11.6 Å². The molecule has 1 aromatic heterocycles. The van der Waals surface area contributed by atoms with Gasteiger partial charge >= 0.3 is 0 Å². The van der Waals surface area contributed by atoms with Gasteiger partial charge in [0.05, 0.1) is 17.1 Å². The second-order valence-corrected chi connectivity index (χ2v) is 5.00. The van der Waals surface area contributed by atoms with Crippen LogP contribution in [0.2, 0.25) is 5.02 Å². The van der Waals surface area contributed by atoms with Crippen molar-refractivity contribution in [2.45, 2.75) is 0 Å². The maximum atomic E-state index is 12.3. The Kier molecular flexibility index (Phi) is 4.92. The van der Waals surface area contributed by atoms with Crippen molar-refractivity contribution in [2.75, 3.05) is 39.8 Å². The summed E-state index contributed by atoms with van der Waals surface area (Å²) in [6.45, 7) is 2.92. The molecular weight excluding hydrogens is 280 g/mol. The molecule has 0 spiro atoms. The van der Waals surface area contributed by atoms with Gasteiger partial charge in [-0.25, -0.2) is 0 Å². The molecule has 2 rings (SSSR count). The first-order valence-electron chi connectivity index (χ1n) is 6.43. The normalized spacial score (nSPS) is 16.0. The van der Waals surface area contributed by atoms with Gasteiger partial charge in [0.15, 0.2) is 0 Å². The summed E-state index contributed by atoms with van der Waals surface area (Å²) < 4.78 is 0. The number of nitrogens with zero attached hydrogens (tertiary/aromatic N) is 3. The Bertz CT molecular complexity index is 501. The zero-order valence-corrected chi connectivity index (χ0v) is 12.1. The number of aromatic nitrogens is 1. The van der Waals surface area contributed by atoms with Gasteiger partial charge in [0.25, 0.3) is 5.91 Å². The fraction of sp³-hybridized carbons (Fsp3) is 0.462. The number of hydrogen-bond donors (Lipinski definition) is 1. The van der Waals surface area contributed by atoms with E-state index in [1.807, 2.05) is 4.90 Å². The average Bonchev–Trinajstić information content (AvgIpc) is 2.47. The summed E-state index contributed by atoms with van der Waals surface area (Å²) in [4.78, 5) is 31.3. The summed E-state index contributed by atoms with van der Waals surface area (Å²) in [6, 6.07) is 1.63. The van der Waals surface area contributed by atoms with Crippen molar-refractivity contribution < 1.29 is 9.59 Å². The number of rotatable bonds is 3. The van der Waals surface area contributed by atoms with Crippen LogP contribution in [0.1, 0.15) is 10.4 Å². The van der Waals surface area contributed by atoms with Crippen molar-refractivity contribution >= 4 is 23.4 Å². The highest BCUT2D eigenvalue weighted by Crippen LogP contribution is 2.16. The monoisotopic (exact) mass is 296 g/mol. The summed E-state index contributed by atoms with van der Waals surface area (Å²) in [5.74, 6) is -0.0982. The van der Waals surface area contributed by atoms with Gasteiger partial charge in [-0.05, 0) is 6.07 Å². The predicted molar refractivity (Wildman–Crippen MR) is 75.7 cm³/mol. The van der Waals surface area contributed by atoms with Gasteiger partial charge in [-0.2, -0.15) is 0 Å². The summed E-state index contributed by atoms with van der Waals surface area (Å²) in [7, 11) is 1.62. The van der Waals surface area contributed by atoms with Gasteiger partial charge in [0.1, 0.15) is 0 Å². The van der Waals surface area contributed by atoms with Gasteiger partial charge in [-0.15, -0.1) is 0 Å². The van der Waals surface area contributed by atoms with Crippen molar-refractivity contribution in [1.29, 1.82) is 0 Å². The van der Waals surface area contributed by atoms with Crippen LogP contribution in [0.25, 0.3) is 0 Å². The van der Waals surface area contributed by atoms with Crippen LogP contribution in [-0.2, 0) is 4.79 Å². The van der Waals surface area contributed by atoms with Gasteiger partial charge in [0, 0.05) is 45.6 Å². The Balaban J connectivity index is 1.92. The largest absolute Gasteiger partial charge is 0.358 e. The van der Waals surface area contributed by atoms with Crippen LogP contribution in [0.15, 0.2) is 18.5 Å². The topological polar surface area (TPSA) is 65.5 Å². The molecule has 1 saturated heterocycles. The number of hydrogen-bond acceptors (Lipinski definition) is 4. The molecule has 108 valence electrons. The number of carbonyl (C=O) groups excluding carboxylic acids is 2. The molecule has 0 saturated carbocycles. The van der Waals surface area contributed by atoms with E-state index in [-0.39, 0.29) is 11.8 Å². The van der Waals surface area contributed by atoms with Crippen molar-refractivity contribution in [3.63, 3.8) is 0 Å². The van der Waals surface area contributed by atoms with E-state index >= 15 is 0 Å². The lowest BCUT2D eigenvalue weighted by atomic mass is 10.2. The first-order chi connectivity index (χ1) is 9.61. The summed E-state index contributed by atoms with van der Waals surface area (Å²) in [6.07, 6.45) is 3.03. The molecule has 0 bridgehead atoms. The minimum Gasteiger partial charge on any atom is -0.358 e. The van der Waals surface area contributed by atoms with Gasteiger partial charge in [0.2, 0.25) is 5.91 Å². The third kappa shape index (κ3) is 3.46. The Morgan fingerprint density at radius 2 is 2.05 bits per heavy atom.